The van der Waals surface area contributed by atoms with Crippen molar-refractivity contribution >= 4 is 11.7 Å². The summed E-state index contributed by atoms with van der Waals surface area (Å²) in [7, 11) is 0. The second-order valence-electron chi connectivity index (χ2n) is 6.43. The first kappa shape index (κ1) is 18.7. The molecular formula is C18H14F3N5O3. The molecule has 0 spiro atoms. The van der Waals surface area contributed by atoms with Gasteiger partial charge in [-0.05, 0) is 19.1 Å². The van der Waals surface area contributed by atoms with E-state index in [2.05, 4.69) is 25.3 Å². The largest absolute Gasteiger partial charge is 0.573 e. The van der Waals surface area contributed by atoms with Crippen LogP contribution in [0.25, 0.3) is 5.82 Å². The number of fused-ring (bicyclic) bond motifs is 1. The molecule has 1 aliphatic heterocycles. The topological polar surface area (TPSA) is 102 Å². The molecule has 1 atom stereocenters. The Labute approximate surface area is 161 Å². The number of nitrogens with one attached hydrogen (secondary N) is 2. The number of aryl methyl sites for hydroxylation is 1. The lowest BCUT2D eigenvalue weighted by Crippen LogP contribution is -2.26. The normalized spacial score (nSPS) is 16.3. The predicted octanol–water partition coefficient (Wildman–Crippen LogP) is 2.64. The summed E-state index contributed by atoms with van der Waals surface area (Å²) in [6, 6.07) is 8.37. The van der Waals surface area contributed by atoms with E-state index in [9.17, 15) is 22.8 Å². The molecule has 3 aromatic rings. The van der Waals surface area contributed by atoms with Crippen molar-refractivity contribution in [3.63, 3.8) is 0 Å². The second kappa shape index (κ2) is 6.76. The zero-order chi connectivity index (χ0) is 20.8. The van der Waals surface area contributed by atoms with Crippen LogP contribution < -0.4 is 15.6 Å². The van der Waals surface area contributed by atoms with Crippen LogP contribution in [0.3, 0.4) is 0 Å². The molecule has 0 radical (unpaired) electrons. The number of aromatic amines is 1. The lowest BCUT2D eigenvalue weighted by Gasteiger charge is -2.26. The number of halogens is 3. The zero-order valence-electron chi connectivity index (χ0n) is 14.9. The Morgan fingerprint density at radius 2 is 1.93 bits per heavy atom. The van der Waals surface area contributed by atoms with Crippen LogP contribution >= 0.6 is 0 Å². The van der Waals surface area contributed by atoms with Gasteiger partial charge in [-0.15, -0.1) is 13.2 Å². The van der Waals surface area contributed by atoms with Crippen molar-refractivity contribution < 1.29 is 22.7 Å². The Balaban J connectivity index is 1.86. The van der Waals surface area contributed by atoms with Gasteiger partial charge in [0.2, 0.25) is 5.91 Å². The SMILES string of the molecule is Cc1nn(-c2ccc(=O)[nH]n2)c2c1C(c1ccccc1OC(F)(F)F)CC(=O)N2. The average molecular weight is 405 g/mol. The number of rotatable bonds is 3. The second-order valence-corrected chi connectivity index (χ2v) is 6.43. The van der Waals surface area contributed by atoms with Gasteiger partial charge in [0, 0.05) is 29.5 Å². The van der Waals surface area contributed by atoms with E-state index >= 15 is 0 Å². The van der Waals surface area contributed by atoms with Gasteiger partial charge in [0.25, 0.3) is 5.56 Å². The summed E-state index contributed by atoms with van der Waals surface area (Å²) < 4.78 is 44.0. The van der Waals surface area contributed by atoms with Crippen LogP contribution in [0, 0.1) is 6.92 Å². The van der Waals surface area contributed by atoms with Gasteiger partial charge in [-0.2, -0.15) is 14.9 Å². The van der Waals surface area contributed by atoms with Crippen LogP contribution in [0.5, 0.6) is 5.75 Å². The van der Waals surface area contributed by atoms with Gasteiger partial charge in [0.1, 0.15) is 11.6 Å². The number of alkyl halides is 3. The van der Waals surface area contributed by atoms with Crippen LogP contribution in [-0.4, -0.2) is 32.2 Å². The Kier molecular flexibility index (Phi) is 4.36. The first-order chi connectivity index (χ1) is 13.7. The predicted molar refractivity (Wildman–Crippen MR) is 94.9 cm³/mol. The first-order valence-electron chi connectivity index (χ1n) is 8.53. The summed E-state index contributed by atoms with van der Waals surface area (Å²) in [5.41, 5.74) is 0.861. The Bertz CT molecular complexity index is 1130. The zero-order valence-corrected chi connectivity index (χ0v) is 14.9. The van der Waals surface area contributed by atoms with Crippen LogP contribution in [0.15, 0.2) is 41.2 Å². The van der Waals surface area contributed by atoms with Crippen molar-refractivity contribution in [3.8, 4) is 11.6 Å². The molecule has 1 amide bonds. The molecule has 1 aliphatic rings. The van der Waals surface area contributed by atoms with Crippen molar-refractivity contribution in [1.82, 2.24) is 20.0 Å². The van der Waals surface area contributed by atoms with Gasteiger partial charge in [-0.3, -0.25) is 9.59 Å². The average Bonchev–Trinajstić information content (AvgIpc) is 2.97. The smallest absolute Gasteiger partial charge is 0.405 e. The number of aromatic nitrogens is 4. The molecular weight excluding hydrogens is 391 g/mol. The molecule has 3 heterocycles. The fourth-order valence-electron chi connectivity index (χ4n) is 3.42. The van der Waals surface area contributed by atoms with Crippen molar-refractivity contribution in [2.75, 3.05) is 5.32 Å². The Morgan fingerprint density at radius 1 is 1.17 bits per heavy atom. The van der Waals surface area contributed by atoms with Gasteiger partial charge in [0.15, 0.2) is 5.82 Å². The number of para-hydroxylation sites is 1. The number of nitrogens with zero attached hydrogens (tertiary/aromatic N) is 3. The van der Waals surface area contributed by atoms with E-state index in [0.717, 1.165) is 0 Å². The number of benzene rings is 1. The third kappa shape index (κ3) is 3.58. The molecule has 0 bridgehead atoms. The van der Waals surface area contributed by atoms with Crippen molar-refractivity contribution in [2.45, 2.75) is 25.6 Å². The molecule has 11 heteroatoms. The maximum atomic E-state index is 12.8. The molecule has 150 valence electrons. The third-order valence-electron chi connectivity index (χ3n) is 4.50. The maximum Gasteiger partial charge on any atom is 0.573 e. The highest BCUT2D eigenvalue weighted by molar-refractivity contribution is 5.95. The van der Waals surface area contributed by atoms with Crippen molar-refractivity contribution in [3.05, 3.63) is 63.6 Å². The molecule has 2 N–H and O–H groups in total. The highest BCUT2D eigenvalue weighted by Crippen LogP contribution is 2.43. The van der Waals surface area contributed by atoms with Gasteiger partial charge in [-0.1, -0.05) is 18.2 Å². The highest BCUT2D eigenvalue weighted by atomic mass is 19.4. The minimum absolute atomic E-state index is 0.0726. The maximum absolute atomic E-state index is 12.8. The minimum atomic E-state index is -4.87. The lowest BCUT2D eigenvalue weighted by molar-refractivity contribution is -0.274. The molecule has 1 aromatic carbocycles. The van der Waals surface area contributed by atoms with E-state index in [1.54, 1.807) is 13.0 Å². The number of ether oxygens (including phenoxy) is 1. The molecule has 2 aromatic heterocycles. The number of anilines is 1. The van der Waals surface area contributed by atoms with Crippen LogP contribution in [0.2, 0.25) is 0 Å². The van der Waals surface area contributed by atoms with E-state index in [-0.39, 0.29) is 29.4 Å². The van der Waals surface area contributed by atoms with Gasteiger partial charge in [0.05, 0.1) is 5.69 Å². The number of hydrogen-bond donors (Lipinski definition) is 2. The molecule has 0 aliphatic carbocycles. The Hall–Kier alpha value is -3.63. The van der Waals surface area contributed by atoms with Crippen molar-refractivity contribution in [2.24, 2.45) is 0 Å². The fraction of sp³-hybridized carbons (Fsp3) is 0.222. The molecule has 0 saturated heterocycles. The number of carbonyl (C=O) groups is 1. The van der Waals surface area contributed by atoms with E-state index < -0.39 is 23.7 Å². The molecule has 29 heavy (non-hydrogen) atoms. The van der Waals surface area contributed by atoms with Crippen LogP contribution in [-0.2, 0) is 4.79 Å². The van der Waals surface area contributed by atoms with Gasteiger partial charge >= 0.3 is 6.36 Å². The van der Waals surface area contributed by atoms with E-state index in [4.69, 9.17) is 0 Å². The number of hydrogen-bond acceptors (Lipinski definition) is 5. The summed E-state index contributed by atoms with van der Waals surface area (Å²) in [6.07, 6.45) is -4.94. The molecule has 0 saturated carbocycles. The number of amides is 1. The van der Waals surface area contributed by atoms with E-state index in [1.165, 1.54) is 35.0 Å². The molecule has 0 fully saturated rings. The monoisotopic (exact) mass is 405 g/mol. The standard InChI is InChI=1S/C18H14F3N5O3/c1-9-16-11(10-4-2-3-5-12(10)29-18(19,20)21)8-15(28)22-17(16)26(25-9)13-6-7-14(27)24-23-13/h2-7,11H,8H2,1H3,(H,22,28)(H,24,27). The van der Waals surface area contributed by atoms with Crippen molar-refractivity contribution in [1.29, 1.82) is 0 Å². The number of carbonyl (C=O) groups excluding carboxylic acids is 1. The number of H-pyrrole nitrogens is 1. The van der Waals surface area contributed by atoms with E-state index in [0.29, 0.717) is 11.3 Å². The lowest BCUT2D eigenvalue weighted by atomic mass is 9.85. The van der Waals surface area contributed by atoms with Gasteiger partial charge in [-0.25, -0.2) is 5.10 Å². The summed E-state index contributed by atoms with van der Waals surface area (Å²) >= 11 is 0. The fourth-order valence-corrected chi connectivity index (χ4v) is 3.42. The summed E-state index contributed by atoms with van der Waals surface area (Å²) in [6.45, 7) is 1.68. The van der Waals surface area contributed by atoms with Crippen LogP contribution in [0.1, 0.15) is 29.2 Å². The highest BCUT2D eigenvalue weighted by Gasteiger charge is 2.37. The Morgan fingerprint density at radius 3 is 2.62 bits per heavy atom. The quantitative estimate of drug-likeness (QED) is 0.698. The third-order valence-corrected chi connectivity index (χ3v) is 4.50. The summed E-state index contributed by atoms with van der Waals surface area (Å²) in [5, 5.41) is 13.2. The first-order valence-corrected chi connectivity index (χ1v) is 8.53. The van der Waals surface area contributed by atoms with Crippen LogP contribution in [0.4, 0.5) is 19.0 Å². The minimum Gasteiger partial charge on any atom is -0.405 e. The molecule has 8 nitrogen and oxygen atoms in total. The summed E-state index contributed by atoms with van der Waals surface area (Å²) in [4.78, 5) is 23.6. The summed E-state index contributed by atoms with van der Waals surface area (Å²) in [5.74, 6) is -0.941. The van der Waals surface area contributed by atoms with E-state index in [1.807, 2.05) is 0 Å². The molecule has 1 unspecified atom stereocenters. The molecule has 4 rings (SSSR count). The van der Waals surface area contributed by atoms with Gasteiger partial charge < -0.3 is 10.1 Å².